The summed E-state index contributed by atoms with van der Waals surface area (Å²) in [5.74, 6) is 0.139. The molecule has 2 aromatic rings. The van der Waals surface area contributed by atoms with Crippen LogP contribution in [0.25, 0.3) is 11.3 Å². The molecule has 2 aliphatic rings. The summed E-state index contributed by atoms with van der Waals surface area (Å²) in [5.41, 5.74) is 6.74. The van der Waals surface area contributed by atoms with Gasteiger partial charge in [0, 0.05) is 42.8 Å². The van der Waals surface area contributed by atoms with E-state index in [2.05, 4.69) is 25.5 Å². The number of piperidine rings is 1. The number of pyridine rings is 1. The number of benzene rings is 1. The number of nitrogens with one attached hydrogen (secondary N) is 1. The molecular formula is C28H40FN5O4S. The van der Waals surface area contributed by atoms with Crippen molar-refractivity contribution in [1.82, 2.24) is 14.0 Å². The zero-order valence-electron chi connectivity index (χ0n) is 23.4. The fourth-order valence-corrected chi connectivity index (χ4v) is 6.67. The lowest BCUT2D eigenvalue weighted by Crippen LogP contribution is -2.51. The molecule has 2 atom stereocenters. The molecule has 3 heterocycles. The Morgan fingerprint density at radius 2 is 2.00 bits per heavy atom. The van der Waals surface area contributed by atoms with E-state index >= 15 is 0 Å². The van der Waals surface area contributed by atoms with Crippen molar-refractivity contribution in [2.45, 2.75) is 65.5 Å². The van der Waals surface area contributed by atoms with Gasteiger partial charge in [-0.05, 0) is 69.2 Å². The maximum atomic E-state index is 14.5. The van der Waals surface area contributed by atoms with E-state index in [1.165, 1.54) is 16.4 Å². The Bertz CT molecular complexity index is 1320. The molecule has 4 rings (SSSR count). The standard InChI is InChI=1S/C28H40FN5O4S/c1-18(2)17-38-23-12-20(11-21(29)13-23)25-9-8-24(26(31-25)34-15-19(3)14-28(34,4)5)27(35)32-39(36,37)33-10-6-7-22(30)16-33/h8-9,11-13,18-19,22H,6-7,10,14-17,30H2,1-5H3,(H,32,35)/t19-,22?/m0/s1. The highest BCUT2D eigenvalue weighted by molar-refractivity contribution is 7.87. The van der Waals surface area contributed by atoms with Crippen LogP contribution in [0.1, 0.15) is 64.2 Å². The van der Waals surface area contributed by atoms with Crippen LogP contribution < -0.4 is 20.1 Å². The second kappa shape index (κ2) is 11.4. The number of carbonyl (C=O) groups is 1. The number of aromatic nitrogens is 1. The van der Waals surface area contributed by atoms with E-state index in [0.717, 1.165) is 12.8 Å². The van der Waals surface area contributed by atoms with Crippen LogP contribution in [0.15, 0.2) is 30.3 Å². The Hall–Kier alpha value is -2.76. The van der Waals surface area contributed by atoms with Gasteiger partial charge in [-0.15, -0.1) is 0 Å². The van der Waals surface area contributed by atoms with Crippen LogP contribution in [0.2, 0.25) is 0 Å². The number of amides is 1. The van der Waals surface area contributed by atoms with E-state index in [1.807, 2.05) is 18.7 Å². The minimum absolute atomic E-state index is 0.137. The first-order valence-electron chi connectivity index (χ1n) is 13.6. The molecule has 0 spiro atoms. The molecule has 1 aromatic heterocycles. The van der Waals surface area contributed by atoms with E-state index < -0.39 is 21.9 Å². The molecule has 0 bridgehead atoms. The Morgan fingerprint density at radius 1 is 1.26 bits per heavy atom. The van der Waals surface area contributed by atoms with Gasteiger partial charge in [-0.25, -0.2) is 14.1 Å². The number of hydrogen-bond donors (Lipinski definition) is 2. The maximum absolute atomic E-state index is 14.5. The monoisotopic (exact) mass is 561 g/mol. The summed E-state index contributed by atoms with van der Waals surface area (Å²) in [6.07, 6.45) is 2.24. The molecule has 214 valence electrons. The average Bonchev–Trinajstić information content (AvgIpc) is 3.13. The molecular weight excluding hydrogens is 521 g/mol. The van der Waals surface area contributed by atoms with Crippen molar-refractivity contribution < 1.29 is 22.3 Å². The molecule has 3 N–H and O–H groups in total. The molecule has 9 nitrogen and oxygen atoms in total. The van der Waals surface area contributed by atoms with Gasteiger partial charge in [0.1, 0.15) is 17.4 Å². The molecule has 0 aliphatic carbocycles. The lowest BCUT2D eigenvalue weighted by Gasteiger charge is -2.34. The SMILES string of the molecule is CC(C)COc1cc(F)cc(-c2ccc(C(=O)NS(=O)(=O)N3CCCC(N)C3)c(N3C[C@@H](C)CC3(C)C)n2)c1. The number of ether oxygens (including phenoxy) is 1. The number of nitrogens with two attached hydrogens (primary N) is 1. The van der Waals surface area contributed by atoms with Gasteiger partial charge >= 0.3 is 10.2 Å². The van der Waals surface area contributed by atoms with Crippen molar-refractivity contribution in [2.24, 2.45) is 17.6 Å². The van der Waals surface area contributed by atoms with E-state index in [1.54, 1.807) is 18.2 Å². The van der Waals surface area contributed by atoms with Crippen LogP contribution >= 0.6 is 0 Å². The number of rotatable bonds is 8. The van der Waals surface area contributed by atoms with Crippen molar-refractivity contribution in [3.63, 3.8) is 0 Å². The Balaban J connectivity index is 1.72. The van der Waals surface area contributed by atoms with E-state index in [9.17, 15) is 17.6 Å². The minimum Gasteiger partial charge on any atom is -0.493 e. The summed E-state index contributed by atoms with van der Waals surface area (Å²) in [6.45, 7) is 11.8. The third-order valence-electron chi connectivity index (χ3n) is 7.18. The first-order valence-corrected chi connectivity index (χ1v) is 15.0. The zero-order valence-corrected chi connectivity index (χ0v) is 24.2. The van der Waals surface area contributed by atoms with Crippen LogP contribution in [0, 0.1) is 17.7 Å². The topological polar surface area (TPSA) is 118 Å². The number of hydrogen-bond acceptors (Lipinski definition) is 7. The molecule has 1 aromatic carbocycles. The molecule has 39 heavy (non-hydrogen) atoms. The van der Waals surface area contributed by atoms with Crippen LogP contribution in [-0.4, -0.2) is 61.4 Å². The van der Waals surface area contributed by atoms with Gasteiger partial charge in [-0.2, -0.15) is 12.7 Å². The largest absolute Gasteiger partial charge is 0.493 e. The molecule has 0 radical (unpaired) electrons. The molecule has 2 fully saturated rings. The summed E-state index contributed by atoms with van der Waals surface area (Å²) < 4.78 is 49.8. The second-order valence-electron chi connectivity index (χ2n) is 11.9. The second-order valence-corrected chi connectivity index (χ2v) is 13.5. The van der Waals surface area contributed by atoms with Gasteiger partial charge in [0.2, 0.25) is 0 Å². The van der Waals surface area contributed by atoms with E-state index in [-0.39, 0.29) is 29.6 Å². The van der Waals surface area contributed by atoms with Crippen LogP contribution in [0.3, 0.4) is 0 Å². The lowest BCUT2D eigenvalue weighted by molar-refractivity contribution is 0.0978. The van der Waals surface area contributed by atoms with Gasteiger partial charge in [-0.1, -0.05) is 20.8 Å². The van der Waals surface area contributed by atoms with Crippen molar-refractivity contribution in [3.8, 4) is 17.0 Å². The van der Waals surface area contributed by atoms with Crippen molar-refractivity contribution in [3.05, 3.63) is 41.7 Å². The summed E-state index contributed by atoms with van der Waals surface area (Å²) in [5, 5.41) is 0. The molecule has 1 unspecified atom stereocenters. The van der Waals surface area contributed by atoms with Crippen molar-refractivity contribution in [2.75, 3.05) is 31.1 Å². The van der Waals surface area contributed by atoms with Gasteiger partial charge in [0.15, 0.2) is 0 Å². The first kappa shape index (κ1) is 29.2. The Morgan fingerprint density at radius 3 is 2.64 bits per heavy atom. The molecule has 2 saturated heterocycles. The van der Waals surface area contributed by atoms with E-state index in [0.29, 0.717) is 54.9 Å². The predicted molar refractivity (Wildman–Crippen MR) is 150 cm³/mol. The van der Waals surface area contributed by atoms with Crippen LogP contribution in [0.5, 0.6) is 5.75 Å². The Labute approximate surface area is 231 Å². The van der Waals surface area contributed by atoms with Gasteiger partial charge in [0.25, 0.3) is 5.91 Å². The van der Waals surface area contributed by atoms with Gasteiger partial charge in [-0.3, -0.25) is 4.79 Å². The van der Waals surface area contributed by atoms with Gasteiger partial charge < -0.3 is 15.4 Å². The van der Waals surface area contributed by atoms with Crippen LogP contribution in [-0.2, 0) is 10.2 Å². The molecule has 2 aliphatic heterocycles. The minimum atomic E-state index is -4.09. The average molecular weight is 562 g/mol. The van der Waals surface area contributed by atoms with Crippen molar-refractivity contribution >= 4 is 21.9 Å². The number of halogens is 1. The quantitative estimate of drug-likeness (QED) is 0.501. The Kier molecular flexibility index (Phi) is 8.53. The number of anilines is 1. The highest BCUT2D eigenvalue weighted by atomic mass is 32.2. The first-order chi connectivity index (χ1) is 18.2. The maximum Gasteiger partial charge on any atom is 0.304 e. The number of nitrogens with zero attached hydrogens (tertiary/aromatic N) is 3. The van der Waals surface area contributed by atoms with Crippen molar-refractivity contribution in [1.29, 1.82) is 0 Å². The predicted octanol–water partition coefficient (Wildman–Crippen LogP) is 3.95. The van der Waals surface area contributed by atoms with Gasteiger partial charge in [0.05, 0.1) is 17.9 Å². The summed E-state index contributed by atoms with van der Waals surface area (Å²) in [7, 11) is -4.09. The van der Waals surface area contributed by atoms with E-state index in [4.69, 9.17) is 15.5 Å². The normalized spacial score (nSPS) is 21.8. The molecule has 0 saturated carbocycles. The smallest absolute Gasteiger partial charge is 0.304 e. The van der Waals surface area contributed by atoms with Crippen LogP contribution in [0.4, 0.5) is 10.2 Å². The lowest BCUT2D eigenvalue weighted by atomic mass is 9.97. The highest BCUT2D eigenvalue weighted by Gasteiger charge is 2.39. The summed E-state index contributed by atoms with van der Waals surface area (Å²) in [4.78, 5) is 20.3. The fourth-order valence-electron chi connectivity index (χ4n) is 5.44. The zero-order chi connectivity index (χ0) is 28.5. The number of carbonyl (C=O) groups excluding carboxylic acids is 1. The fraction of sp³-hybridized carbons (Fsp3) is 0.571. The molecule has 11 heteroatoms. The summed E-state index contributed by atoms with van der Waals surface area (Å²) >= 11 is 0. The third-order valence-corrected chi connectivity index (χ3v) is 8.64. The summed E-state index contributed by atoms with van der Waals surface area (Å²) in [6, 6.07) is 7.32. The third kappa shape index (κ3) is 6.88. The molecule has 1 amide bonds. The highest BCUT2D eigenvalue weighted by Crippen LogP contribution is 2.38.